The van der Waals surface area contributed by atoms with Gasteiger partial charge in [0.2, 0.25) is 0 Å². The minimum atomic E-state index is -0.652. The summed E-state index contributed by atoms with van der Waals surface area (Å²) >= 11 is 0. The maximum Gasteiger partial charge on any atom is 0.309 e. The van der Waals surface area contributed by atoms with Crippen molar-refractivity contribution in [2.75, 3.05) is 0 Å². The minimum Gasteiger partial charge on any atom is -0.481 e. The molecule has 0 bridgehead atoms. The molecular formula is C14H24O3. The molecule has 98 valence electrons. The smallest absolute Gasteiger partial charge is 0.309 e. The first-order chi connectivity index (χ1) is 8.06. The Kier molecular flexibility index (Phi) is 5.16. The Morgan fingerprint density at radius 1 is 1.24 bits per heavy atom. The van der Waals surface area contributed by atoms with E-state index < -0.39 is 11.4 Å². The molecule has 1 saturated carbocycles. The average Bonchev–Trinajstić information content (AvgIpc) is 2.29. The summed E-state index contributed by atoms with van der Waals surface area (Å²) in [6, 6.07) is 0. The van der Waals surface area contributed by atoms with Crippen molar-refractivity contribution in [3.05, 3.63) is 0 Å². The van der Waals surface area contributed by atoms with Crippen molar-refractivity contribution in [2.24, 2.45) is 11.3 Å². The number of carbonyl (C=O) groups is 2. The van der Waals surface area contributed by atoms with Crippen LogP contribution in [0.1, 0.15) is 65.2 Å². The molecule has 0 saturated heterocycles. The zero-order valence-electron chi connectivity index (χ0n) is 11.0. The van der Waals surface area contributed by atoms with Gasteiger partial charge in [0, 0.05) is 12.8 Å². The van der Waals surface area contributed by atoms with Gasteiger partial charge in [-0.15, -0.1) is 0 Å². The van der Waals surface area contributed by atoms with Gasteiger partial charge in [0.1, 0.15) is 5.78 Å². The van der Waals surface area contributed by atoms with Crippen LogP contribution in [0.4, 0.5) is 0 Å². The maximum atomic E-state index is 11.7. The van der Waals surface area contributed by atoms with Crippen molar-refractivity contribution in [3.63, 3.8) is 0 Å². The lowest BCUT2D eigenvalue weighted by Gasteiger charge is -2.39. The summed E-state index contributed by atoms with van der Waals surface area (Å²) in [6.45, 7) is 4.09. The second kappa shape index (κ2) is 6.18. The first-order valence-electron chi connectivity index (χ1n) is 6.82. The van der Waals surface area contributed by atoms with E-state index in [9.17, 15) is 14.7 Å². The van der Waals surface area contributed by atoms with Gasteiger partial charge in [-0.2, -0.15) is 0 Å². The molecule has 1 fully saturated rings. The van der Waals surface area contributed by atoms with Gasteiger partial charge in [0.05, 0.1) is 5.41 Å². The fourth-order valence-corrected chi connectivity index (χ4v) is 3.31. The van der Waals surface area contributed by atoms with Gasteiger partial charge < -0.3 is 5.11 Å². The minimum absolute atomic E-state index is 0.192. The quantitative estimate of drug-likeness (QED) is 0.774. The molecule has 3 heteroatoms. The van der Waals surface area contributed by atoms with Gasteiger partial charge in [-0.05, 0) is 31.6 Å². The van der Waals surface area contributed by atoms with Gasteiger partial charge >= 0.3 is 5.97 Å². The number of carboxylic acids is 1. The molecule has 17 heavy (non-hydrogen) atoms. The Balaban J connectivity index is 2.86. The Bertz CT molecular complexity index is 267. The third-order valence-corrected chi connectivity index (χ3v) is 4.14. The fraction of sp³-hybridized carbons (Fsp3) is 0.857. The Morgan fingerprint density at radius 3 is 2.06 bits per heavy atom. The van der Waals surface area contributed by atoms with Crippen molar-refractivity contribution < 1.29 is 14.7 Å². The van der Waals surface area contributed by atoms with Crippen LogP contribution in [-0.2, 0) is 9.59 Å². The van der Waals surface area contributed by atoms with E-state index >= 15 is 0 Å². The van der Waals surface area contributed by atoms with E-state index in [1.54, 1.807) is 0 Å². The number of aliphatic carboxylic acids is 1. The molecule has 0 heterocycles. The van der Waals surface area contributed by atoms with Gasteiger partial charge in [0.15, 0.2) is 0 Å². The van der Waals surface area contributed by atoms with Crippen LogP contribution >= 0.6 is 0 Å². The average molecular weight is 240 g/mol. The summed E-state index contributed by atoms with van der Waals surface area (Å²) in [7, 11) is 0. The summed E-state index contributed by atoms with van der Waals surface area (Å²) in [5, 5.41) is 9.62. The zero-order chi connectivity index (χ0) is 12.9. The molecule has 1 rings (SSSR count). The second-order valence-corrected chi connectivity index (χ2v) is 5.27. The number of carboxylic acid groups (broad SMARTS) is 1. The van der Waals surface area contributed by atoms with Crippen LogP contribution in [0, 0.1) is 11.3 Å². The van der Waals surface area contributed by atoms with Crippen LogP contribution in [0.25, 0.3) is 0 Å². The SMILES string of the molecule is CCCC(CCC)(C(=O)O)C1CCC(=O)CC1. The van der Waals surface area contributed by atoms with Crippen molar-refractivity contribution in [2.45, 2.75) is 65.2 Å². The van der Waals surface area contributed by atoms with Gasteiger partial charge in [-0.3, -0.25) is 9.59 Å². The lowest BCUT2D eigenvalue weighted by Crippen LogP contribution is -2.40. The van der Waals surface area contributed by atoms with Crippen LogP contribution in [-0.4, -0.2) is 16.9 Å². The molecular weight excluding hydrogens is 216 g/mol. The molecule has 0 spiro atoms. The first-order valence-corrected chi connectivity index (χ1v) is 6.82. The normalized spacial score (nSPS) is 18.4. The Hall–Kier alpha value is -0.860. The molecule has 0 atom stereocenters. The maximum absolute atomic E-state index is 11.7. The molecule has 0 radical (unpaired) electrons. The van der Waals surface area contributed by atoms with Crippen molar-refractivity contribution >= 4 is 11.8 Å². The highest BCUT2D eigenvalue weighted by molar-refractivity contribution is 5.80. The van der Waals surface area contributed by atoms with Gasteiger partial charge in [-0.1, -0.05) is 26.7 Å². The molecule has 1 aliphatic rings. The predicted octanol–water partition coefficient (Wildman–Crippen LogP) is 3.42. The summed E-state index contributed by atoms with van der Waals surface area (Å²) in [4.78, 5) is 23.0. The van der Waals surface area contributed by atoms with E-state index in [4.69, 9.17) is 0 Å². The summed E-state index contributed by atoms with van der Waals surface area (Å²) in [5.41, 5.74) is -0.579. The molecule has 3 nitrogen and oxygen atoms in total. The summed E-state index contributed by atoms with van der Waals surface area (Å²) < 4.78 is 0. The van der Waals surface area contributed by atoms with Crippen molar-refractivity contribution in [1.82, 2.24) is 0 Å². The molecule has 0 aromatic rings. The second-order valence-electron chi connectivity index (χ2n) is 5.27. The molecule has 1 aliphatic carbocycles. The first kappa shape index (κ1) is 14.2. The molecule has 0 aliphatic heterocycles. The Morgan fingerprint density at radius 2 is 1.71 bits per heavy atom. The lowest BCUT2D eigenvalue weighted by atomic mass is 9.64. The fourth-order valence-electron chi connectivity index (χ4n) is 3.31. The summed E-state index contributed by atoms with van der Waals surface area (Å²) in [5.74, 6) is -0.160. The topological polar surface area (TPSA) is 54.4 Å². The van der Waals surface area contributed by atoms with Crippen LogP contribution in [0.3, 0.4) is 0 Å². The highest BCUT2D eigenvalue weighted by Gasteiger charge is 2.45. The van der Waals surface area contributed by atoms with E-state index in [1.165, 1.54) is 0 Å². The Labute approximate surface area is 104 Å². The number of hydrogen-bond acceptors (Lipinski definition) is 2. The van der Waals surface area contributed by atoms with Gasteiger partial charge in [-0.25, -0.2) is 0 Å². The standard InChI is InChI=1S/C14H24O3/c1-3-9-14(10-4-2,13(16)17)11-5-7-12(15)8-6-11/h11H,3-10H2,1-2H3,(H,16,17). The largest absolute Gasteiger partial charge is 0.481 e. The van der Waals surface area contributed by atoms with E-state index in [-0.39, 0.29) is 5.92 Å². The van der Waals surface area contributed by atoms with E-state index in [1.807, 2.05) is 13.8 Å². The monoisotopic (exact) mass is 240 g/mol. The molecule has 0 amide bonds. The van der Waals surface area contributed by atoms with Crippen LogP contribution in [0.2, 0.25) is 0 Å². The molecule has 1 N–H and O–H groups in total. The van der Waals surface area contributed by atoms with Crippen LogP contribution in [0.5, 0.6) is 0 Å². The van der Waals surface area contributed by atoms with E-state index in [2.05, 4.69) is 0 Å². The number of rotatable bonds is 6. The number of ketones is 1. The highest BCUT2D eigenvalue weighted by atomic mass is 16.4. The predicted molar refractivity (Wildman–Crippen MR) is 66.8 cm³/mol. The van der Waals surface area contributed by atoms with Crippen LogP contribution < -0.4 is 0 Å². The third-order valence-electron chi connectivity index (χ3n) is 4.14. The zero-order valence-corrected chi connectivity index (χ0v) is 11.0. The number of Topliss-reactive ketones (excluding diaryl/α,β-unsaturated/α-hetero) is 1. The van der Waals surface area contributed by atoms with Crippen molar-refractivity contribution in [3.8, 4) is 0 Å². The van der Waals surface area contributed by atoms with Crippen molar-refractivity contribution in [1.29, 1.82) is 0 Å². The van der Waals surface area contributed by atoms with E-state index in [0.29, 0.717) is 18.6 Å². The number of hydrogen-bond donors (Lipinski definition) is 1. The van der Waals surface area contributed by atoms with Crippen LogP contribution in [0.15, 0.2) is 0 Å². The molecule has 0 unspecified atom stereocenters. The highest BCUT2D eigenvalue weighted by Crippen LogP contribution is 2.44. The lowest BCUT2D eigenvalue weighted by molar-refractivity contribution is -0.156. The summed E-state index contributed by atoms with van der Waals surface area (Å²) in [6.07, 6.45) is 5.98. The van der Waals surface area contributed by atoms with Gasteiger partial charge in [0.25, 0.3) is 0 Å². The van der Waals surface area contributed by atoms with E-state index in [0.717, 1.165) is 38.5 Å². The third kappa shape index (κ3) is 3.08. The number of carbonyl (C=O) groups excluding carboxylic acids is 1. The molecule has 0 aromatic heterocycles. The molecule has 0 aromatic carbocycles.